The molecule has 0 aliphatic carbocycles. The van der Waals surface area contributed by atoms with Crippen LogP contribution in [0, 0.1) is 5.41 Å². The largest absolute Gasteiger partial charge is 0.491 e. The van der Waals surface area contributed by atoms with Gasteiger partial charge in [0.1, 0.15) is 18.2 Å². The Bertz CT molecular complexity index is 988. The van der Waals surface area contributed by atoms with Crippen LogP contribution in [0.1, 0.15) is 52.8 Å². The molecule has 1 aromatic heterocycles. The fraction of sp³-hybridized carbons (Fsp3) is 0.480. The number of rotatable bonds is 2. The number of aromatic nitrogens is 1. The minimum Gasteiger partial charge on any atom is -0.491 e. The van der Waals surface area contributed by atoms with Crippen LogP contribution < -0.4 is 10.5 Å². The fourth-order valence-electron chi connectivity index (χ4n) is 4.76. The van der Waals surface area contributed by atoms with E-state index >= 15 is 0 Å². The van der Waals surface area contributed by atoms with Crippen LogP contribution in [0.25, 0.3) is 0 Å². The molecule has 1 fully saturated rings. The lowest BCUT2D eigenvalue weighted by molar-refractivity contribution is 0.0297. The van der Waals surface area contributed by atoms with Gasteiger partial charge in [0.25, 0.3) is 11.8 Å². The number of carbonyl (C=O) groups is 2. The number of nitrogens with two attached hydrogens (primary N) is 1. The van der Waals surface area contributed by atoms with E-state index < -0.39 is 0 Å². The minimum absolute atomic E-state index is 0.0489. The number of aliphatic hydroxyl groups excluding tert-OH is 1. The van der Waals surface area contributed by atoms with Gasteiger partial charge in [-0.25, -0.2) is 4.98 Å². The third kappa shape index (κ3) is 5.27. The Morgan fingerprint density at radius 2 is 1.88 bits per heavy atom. The molecule has 0 saturated carbocycles. The normalized spacial score (nSPS) is 19.2. The van der Waals surface area contributed by atoms with Crippen LogP contribution in [0.5, 0.6) is 5.75 Å². The number of pyridine rings is 1. The summed E-state index contributed by atoms with van der Waals surface area (Å²) in [4.78, 5) is 34.0. The van der Waals surface area contributed by atoms with Crippen LogP contribution >= 0.6 is 0 Å². The lowest BCUT2D eigenvalue weighted by atomic mass is 9.75. The van der Waals surface area contributed by atoms with Gasteiger partial charge in [0.05, 0.1) is 12.1 Å². The number of benzene rings is 1. The number of amides is 2. The van der Waals surface area contributed by atoms with E-state index in [2.05, 4.69) is 4.98 Å². The van der Waals surface area contributed by atoms with Gasteiger partial charge in [-0.05, 0) is 55.4 Å². The van der Waals surface area contributed by atoms with Crippen molar-refractivity contribution >= 4 is 17.6 Å². The monoisotopic (exact) mass is 452 g/mol. The molecule has 176 valence electrons. The molecule has 1 saturated heterocycles. The van der Waals surface area contributed by atoms with Crippen molar-refractivity contribution in [2.24, 2.45) is 5.41 Å². The van der Waals surface area contributed by atoms with Crippen LogP contribution in [0.2, 0.25) is 0 Å². The second-order valence-electron chi connectivity index (χ2n) is 9.01. The highest BCUT2D eigenvalue weighted by Gasteiger charge is 2.36. The first-order chi connectivity index (χ1) is 16.0. The van der Waals surface area contributed by atoms with Crippen molar-refractivity contribution in [2.45, 2.75) is 32.1 Å². The lowest BCUT2D eigenvalue weighted by Gasteiger charge is -2.41. The molecule has 5 rings (SSSR count). The molecule has 8 heteroatoms. The van der Waals surface area contributed by atoms with E-state index in [0.29, 0.717) is 48.9 Å². The fourth-order valence-corrected chi connectivity index (χ4v) is 4.76. The Hall–Kier alpha value is -3.13. The number of fused-ring (bicyclic) bond motifs is 9. The Morgan fingerprint density at radius 1 is 1.09 bits per heavy atom. The van der Waals surface area contributed by atoms with Crippen LogP contribution in [0.3, 0.4) is 0 Å². The maximum absolute atomic E-state index is 13.2. The highest BCUT2D eigenvalue weighted by Crippen LogP contribution is 2.37. The van der Waals surface area contributed by atoms with Gasteiger partial charge in [-0.1, -0.05) is 18.6 Å². The summed E-state index contributed by atoms with van der Waals surface area (Å²) < 4.78 is 6.00. The zero-order valence-corrected chi connectivity index (χ0v) is 18.9. The molecular formula is C25H32N4O4. The third-order valence-electron chi connectivity index (χ3n) is 6.88. The molecule has 3 aliphatic heterocycles. The van der Waals surface area contributed by atoms with Gasteiger partial charge >= 0.3 is 0 Å². The standard InChI is InChI=1S/C25H32N4O4/c26-22-17-19(7-11-27-22)23(31)28-12-4-3-8-25(18-30)9-13-29(14-10-25)24(32)20-5-1-2-6-21(20)33-16-15-28/h1-2,5-7,11,17,30H,3-4,8-10,12-16,18H2,(H2,26,27). The number of aliphatic hydroxyl groups is 1. The van der Waals surface area contributed by atoms with Crippen molar-refractivity contribution in [3.63, 3.8) is 0 Å². The number of nitrogen functional groups attached to an aromatic ring is 1. The summed E-state index contributed by atoms with van der Waals surface area (Å²) in [6, 6.07) is 10.5. The quantitative estimate of drug-likeness (QED) is 0.725. The molecule has 33 heavy (non-hydrogen) atoms. The van der Waals surface area contributed by atoms with E-state index in [4.69, 9.17) is 10.5 Å². The van der Waals surface area contributed by atoms with Crippen LogP contribution in [0.4, 0.5) is 5.82 Å². The third-order valence-corrected chi connectivity index (χ3v) is 6.88. The van der Waals surface area contributed by atoms with Crippen molar-refractivity contribution in [3.8, 4) is 5.75 Å². The Morgan fingerprint density at radius 3 is 2.64 bits per heavy atom. The van der Waals surface area contributed by atoms with E-state index in [1.54, 1.807) is 29.2 Å². The maximum atomic E-state index is 13.2. The highest BCUT2D eigenvalue weighted by molar-refractivity contribution is 5.97. The first-order valence-corrected chi connectivity index (χ1v) is 11.6. The van der Waals surface area contributed by atoms with Crippen LogP contribution in [0.15, 0.2) is 42.6 Å². The van der Waals surface area contributed by atoms with E-state index in [9.17, 15) is 14.7 Å². The first-order valence-electron chi connectivity index (χ1n) is 11.6. The van der Waals surface area contributed by atoms with E-state index in [-0.39, 0.29) is 30.4 Å². The maximum Gasteiger partial charge on any atom is 0.257 e. The summed E-state index contributed by atoms with van der Waals surface area (Å²) >= 11 is 0. The van der Waals surface area contributed by atoms with Gasteiger partial charge < -0.3 is 25.4 Å². The smallest absolute Gasteiger partial charge is 0.257 e. The number of hydrogen-bond donors (Lipinski definition) is 2. The van der Waals surface area contributed by atoms with E-state index in [1.807, 2.05) is 17.0 Å². The Kier molecular flexibility index (Phi) is 7.13. The predicted octanol–water partition coefficient (Wildman–Crippen LogP) is 2.58. The van der Waals surface area contributed by atoms with Gasteiger partial charge in [0.15, 0.2) is 0 Å². The average molecular weight is 453 g/mol. The second-order valence-corrected chi connectivity index (χ2v) is 9.01. The summed E-state index contributed by atoms with van der Waals surface area (Å²) in [5, 5.41) is 10.1. The molecule has 2 bridgehead atoms. The highest BCUT2D eigenvalue weighted by atomic mass is 16.5. The molecule has 1 aromatic carbocycles. The number of anilines is 1. The molecule has 0 spiro atoms. The first kappa shape index (κ1) is 23.0. The van der Waals surface area contributed by atoms with Crippen molar-refractivity contribution in [1.29, 1.82) is 0 Å². The number of hydrogen-bond acceptors (Lipinski definition) is 6. The van der Waals surface area contributed by atoms with Crippen molar-refractivity contribution < 1.29 is 19.4 Å². The summed E-state index contributed by atoms with van der Waals surface area (Å²) in [6.07, 6.45) is 5.69. The summed E-state index contributed by atoms with van der Waals surface area (Å²) in [5.74, 6) is 0.660. The zero-order valence-electron chi connectivity index (χ0n) is 18.9. The van der Waals surface area contributed by atoms with Gasteiger partial charge in [-0.3, -0.25) is 9.59 Å². The number of carbonyl (C=O) groups excluding carboxylic acids is 2. The Labute approximate surface area is 194 Å². The molecule has 0 radical (unpaired) electrons. The number of nitrogens with zero attached hydrogens (tertiary/aromatic N) is 3. The van der Waals surface area contributed by atoms with Gasteiger partial charge in [0.2, 0.25) is 0 Å². The molecule has 8 nitrogen and oxygen atoms in total. The topological polar surface area (TPSA) is 109 Å². The second kappa shape index (κ2) is 10.2. The van der Waals surface area contributed by atoms with E-state index in [1.165, 1.54) is 6.20 Å². The van der Waals surface area contributed by atoms with Crippen molar-refractivity contribution in [3.05, 3.63) is 53.7 Å². The molecule has 0 unspecified atom stereocenters. The minimum atomic E-state index is -0.165. The van der Waals surface area contributed by atoms with Gasteiger partial charge in [-0.15, -0.1) is 0 Å². The number of ether oxygens (including phenoxy) is 1. The van der Waals surface area contributed by atoms with E-state index in [0.717, 1.165) is 32.1 Å². The molecule has 4 heterocycles. The van der Waals surface area contributed by atoms with Crippen LogP contribution in [-0.4, -0.2) is 71.1 Å². The van der Waals surface area contributed by atoms with Crippen LogP contribution in [-0.2, 0) is 0 Å². The molecule has 0 atom stereocenters. The lowest BCUT2D eigenvalue weighted by Crippen LogP contribution is -2.44. The molecule has 3 N–H and O–H groups in total. The molecule has 3 aliphatic rings. The SMILES string of the molecule is Nc1cc(C(=O)N2CCCCC3(CO)CCN(CC3)C(=O)c3ccccc3OCC2)ccn1. The summed E-state index contributed by atoms with van der Waals surface area (Å²) in [6.45, 7) is 2.62. The van der Waals surface area contributed by atoms with Crippen molar-refractivity contribution in [2.75, 3.05) is 45.1 Å². The van der Waals surface area contributed by atoms with Crippen molar-refractivity contribution in [1.82, 2.24) is 14.8 Å². The predicted molar refractivity (Wildman–Crippen MR) is 125 cm³/mol. The van der Waals surface area contributed by atoms with Gasteiger partial charge in [0, 0.05) is 38.0 Å². The average Bonchev–Trinajstić information content (AvgIpc) is 2.85. The molecule has 2 aromatic rings. The number of piperidine rings is 1. The Balaban J connectivity index is 1.57. The molecular weight excluding hydrogens is 420 g/mol. The summed E-state index contributed by atoms with van der Waals surface area (Å²) in [7, 11) is 0. The molecule has 2 amide bonds. The summed E-state index contributed by atoms with van der Waals surface area (Å²) in [5.41, 5.74) is 6.64. The number of para-hydroxylation sites is 1. The zero-order chi connectivity index (χ0) is 23.3. The van der Waals surface area contributed by atoms with Gasteiger partial charge in [-0.2, -0.15) is 0 Å².